The maximum atomic E-state index is 12.7. The van der Waals surface area contributed by atoms with Crippen molar-refractivity contribution in [2.24, 2.45) is 0 Å². The van der Waals surface area contributed by atoms with Gasteiger partial charge < -0.3 is 29.5 Å². The first-order valence-corrected chi connectivity index (χ1v) is 8.50. The third-order valence-corrected chi connectivity index (χ3v) is 4.45. The fourth-order valence-electron chi connectivity index (χ4n) is 3.14. The Morgan fingerprint density at radius 3 is 2.72 bits per heavy atom. The Morgan fingerprint density at radius 1 is 1.31 bits per heavy atom. The van der Waals surface area contributed by atoms with Crippen LogP contribution >= 0.6 is 12.4 Å². The third-order valence-electron chi connectivity index (χ3n) is 4.45. The van der Waals surface area contributed by atoms with Gasteiger partial charge in [0.2, 0.25) is 0 Å². The van der Waals surface area contributed by atoms with Gasteiger partial charge in [-0.15, -0.1) is 22.5 Å². The summed E-state index contributed by atoms with van der Waals surface area (Å²) < 4.78 is 54.2. The molecule has 5 atom stereocenters. The molecule has 0 aromatic heterocycles. The fourth-order valence-corrected chi connectivity index (χ4v) is 3.14. The van der Waals surface area contributed by atoms with Crippen molar-refractivity contribution >= 4 is 12.4 Å². The molecule has 1 aromatic carbocycles. The summed E-state index contributed by atoms with van der Waals surface area (Å²) in [5.74, 6) is -0.00274. The Hall–Kier alpha value is -1.86. The van der Waals surface area contributed by atoms with E-state index >= 15 is 0 Å². The molecule has 164 valence electrons. The summed E-state index contributed by atoms with van der Waals surface area (Å²) in [6.07, 6.45) is -7.32. The highest BCUT2D eigenvalue weighted by Crippen LogP contribution is 2.31. The second kappa shape index (κ2) is 9.76. The maximum Gasteiger partial charge on any atom is 0.416 e. The Bertz CT molecular complexity index is 697. The lowest BCUT2D eigenvalue weighted by atomic mass is 10.1. The molecule has 0 saturated carbocycles. The van der Waals surface area contributed by atoms with Crippen LogP contribution in [0.3, 0.4) is 0 Å². The van der Waals surface area contributed by atoms with Crippen molar-refractivity contribution in [3.63, 3.8) is 0 Å². The molecule has 29 heavy (non-hydrogen) atoms. The molecule has 0 bridgehead atoms. The summed E-state index contributed by atoms with van der Waals surface area (Å²) in [4.78, 5) is 15.0. The van der Waals surface area contributed by atoms with Crippen molar-refractivity contribution in [3.05, 3.63) is 39.9 Å². The number of benzene rings is 1. The minimum atomic E-state index is -4.48. The molecule has 2 heterocycles. The molecule has 1 aromatic rings. The quantitative estimate of drug-likeness (QED) is 0.454. The zero-order valence-electron chi connectivity index (χ0n) is 14.9. The summed E-state index contributed by atoms with van der Waals surface area (Å²) in [5, 5.41) is 22.6. The first-order chi connectivity index (χ1) is 13.2. The Balaban J connectivity index is 0.00000300. The Labute approximate surface area is 169 Å². The first-order valence-electron chi connectivity index (χ1n) is 8.50. The molecule has 0 radical (unpaired) electrons. The molecule has 0 aliphatic carbocycles. The molecule has 2 fully saturated rings. The van der Waals surface area contributed by atoms with Crippen LogP contribution in [-0.2, 0) is 20.5 Å². The van der Waals surface area contributed by atoms with Crippen LogP contribution < -0.4 is 10.1 Å². The molecule has 2 aliphatic rings. The Morgan fingerprint density at radius 2 is 2.03 bits per heavy atom. The number of fused-ring (bicyclic) bond motifs is 1. The highest BCUT2D eigenvalue weighted by Gasteiger charge is 2.49. The van der Waals surface area contributed by atoms with Gasteiger partial charge in [-0.1, -0.05) is 6.07 Å². The minimum Gasteiger partial charge on any atom is -0.491 e. The highest BCUT2D eigenvalue weighted by atomic mass is 35.5. The standard InChI is InChI=1S/C16H19F3N2O7.ClH/c17-16(18,19)9-2-1-3-11(4-9)25-6-10(22)5-20-12-7-26-15-13(28-21(23)24)8-27-14(12)15;/h1-4,10,12-15,20,22H,5-8H2;1H/t10?,12-,13-,14+,15+;/m0./s1. The second-order valence-corrected chi connectivity index (χ2v) is 6.47. The van der Waals surface area contributed by atoms with Gasteiger partial charge in [0, 0.05) is 6.54 Å². The average Bonchev–Trinajstić information content (AvgIpc) is 3.20. The summed E-state index contributed by atoms with van der Waals surface area (Å²) in [6.45, 7) is 0.0913. The normalized spacial score (nSPS) is 27.0. The van der Waals surface area contributed by atoms with Crippen LogP contribution in [0.4, 0.5) is 13.2 Å². The van der Waals surface area contributed by atoms with Gasteiger partial charge in [0.05, 0.1) is 24.8 Å². The summed E-state index contributed by atoms with van der Waals surface area (Å²) in [5.41, 5.74) is -0.836. The SMILES string of the molecule is Cl.O=[N+]([O-])O[C@H]1CO[C@H]2[C@@H]1OC[C@@H]2NCC(O)COc1cccc(C(F)(F)F)c1. The van der Waals surface area contributed by atoms with Gasteiger partial charge in [0.25, 0.3) is 5.09 Å². The molecule has 2 saturated heterocycles. The molecular formula is C16H20ClF3N2O7. The molecule has 13 heteroatoms. The van der Waals surface area contributed by atoms with E-state index in [1.807, 2.05) is 0 Å². The van der Waals surface area contributed by atoms with Gasteiger partial charge in [0.1, 0.15) is 30.7 Å². The topological polar surface area (TPSA) is 112 Å². The molecule has 3 rings (SSSR count). The van der Waals surface area contributed by atoms with E-state index in [0.717, 1.165) is 12.1 Å². The van der Waals surface area contributed by atoms with Crippen LogP contribution in [0.1, 0.15) is 5.56 Å². The number of rotatable bonds is 8. The van der Waals surface area contributed by atoms with Gasteiger partial charge >= 0.3 is 6.18 Å². The molecule has 2 aliphatic heterocycles. The van der Waals surface area contributed by atoms with E-state index in [1.165, 1.54) is 12.1 Å². The van der Waals surface area contributed by atoms with Crippen molar-refractivity contribution < 1.29 is 42.4 Å². The average molecular weight is 445 g/mol. The number of aliphatic hydroxyl groups excluding tert-OH is 1. The minimum absolute atomic E-state index is 0. The van der Waals surface area contributed by atoms with Gasteiger partial charge in [-0.2, -0.15) is 13.2 Å². The number of ether oxygens (including phenoxy) is 3. The summed E-state index contributed by atoms with van der Waals surface area (Å²) in [6, 6.07) is 4.07. The monoisotopic (exact) mass is 444 g/mol. The van der Waals surface area contributed by atoms with E-state index in [0.29, 0.717) is 0 Å². The molecule has 0 spiro atoms. The largest absolute Gasteiger partial charge is 0.491 e. The predicted octanol–water partition coefficient (Wildman–Crippen LogP) is 1.20. The Kier molecular flexibility index (Phi) is 7.88. The second-order valence-electron chi connectivity index (χ2n) is 6.47. The lowest BCUT2D eigenvalue weighted by molar-refractivity contribution is -0.769. The van der Waals surface area contributed by atoms with E-state index in [1.54, 1.807) is 0 Å². The van der Waals surface area contributed by atoms with Crippen molar-refractivity contribution in [2.75, 3.05) is 26.4 Å². The lowest BCUT2D eigenvalue weighted by Gasteiger charge is -2.20. The van der Waals surface area contributed by atoms with Crippen LogP contribution in [0.15, 0.2) is 24.3 Å². The molecule has 2 N–H and O–H groups in total. The van der Waals surface area contributed by atoms with E-state index < -0.39 is 41.2 Å². The van der Waals surface area contributed by atoms with Crippen molar-refractivity contribution in [2.45, 2.75) is 36.6 Å². The van der Waals surface area contributed by atoms with Crippen LogP contribution in [0, 0.1) is 10.1 Å². The van der Waals surface area contributed by atoms with Gasteiger partial charge in [-0.05, 0) is 18.2 Å². The number of alkyl halides is 3. The number of hydrogen-bond acceptors (Lipinski definition) is 8. The van der Waals surface area contributed by atoms with E-state index in [-0.39, 0.29) is 50.6 Å². The zero-order chi connectivity index (χ0) is 20.3. The molecule has 9 nitrogen and oxygen atoms in total. The first kappa shape index (κ1) is 23.4. The fraction of sp³-hybridized carbons (Fsp3) is 0.625. The van der Waals surface area contributed by atoms with Crippen molar-refractivity contribution in [1.82, 2.24) is 5.32 Å². The smallest absolute Gasteiger partial charge is 0.416 e. The van der Waals surface area contributed by atoms with Crippen LogP contribution in [0.25, 0.3) is 0 Å². The molecule has 0 amide bonds. The lowest BCUT2D eigenvalue weighted by Crippen LogP contribution is -2.45. The van der Waals surface area contributed by atoms with Gasteiger partial charge in [0.15, 0.2) is 6.10 Å². The number of halogens is 4. The van der Waals surface area contributed by atoms with E-state index in [2.05, 4.69) is 10.2 Å². The van der Waals surface area contributed by atoms with E-state index in [4.69, 9.17) is 14.2 Å². The molecule has 1 unspecified atom stereocenters. The third kappa shape index (κ3) is 6.06. The number of nitrogens with one attached hydrogen (secondary N) is 1. The maximum absolute atomic E-state index is 12.7. The summed E-state index contributed by atoms with van der Waals surface area (Å²) in [7, 11) is 0. The van der Waals surface area contributed by atoms with Crippen molar-refractivity contribution in [3.8, 4) is 5.75 Å². The highest BCUT2D eigenvalue weighted by molar-refractivity contribution is 5.85. The van der Waals surface area contributed by atoms with Crippen LogP contribution in [0.2, 0.25) is 0 Å². The zero-order valence-corrected chi connectivity index (χ0v) is 15.7. The number of aliphatic hydroxyl groups is 1. The number of nitrogens with zero attached hydrogens (tertiary/aromatic N) is 1. The van der Waals surface area contributed by atoms with Gasteiger partial charge in [-0.25, -0.2) is 0 Å². The van der Waals surface area contributed by atoms with Gasteiger partial charge in [-0.3, -0.25) is 0 Å². The molecular weight excluding hydrogens is 425 g/mol. The van der Waals surface area contributed by atoms with Crippen molar-refractivity contribution in [1.29, 1.82) is 0 Å². The van der Waals surface area contributed by atoms with E-state index in [9.17, 15) is 28.4 Å². The predicted molar refractivity (Wildman–Crippen MR) is 93.3 cm³/mol. The van der Waals surface area contributed by atoms with Crippen LogP contribution in [-0.4, -0.2) is 67.0 Å². The summed E-state index contributed by atoms with van der Waals surface area (Å²) >= 11 is 0. The number of hydrogen-bond donors (Lipinski definition) is 2. The van der Waals surface area contributed by atoms with Crippen LogP contribution in [0.5, 0.6) is 5.75 Å².